The second-order valence-corrected chi connectivity index (χ2v) is 4.86. The van der Waals surface area contributed by atoms with Crippen LogP contribution in [0.3, 0.4) is 0 Å². The smallest absolute Gasteiger partial charge is 0.475 e. The van der Waals surface area contributed by atoms with Crippen molar-refractivity contribution < 1.29 is 23.1 Å². The molecule has 1 unspecified atom stereocenters. The summed E-state index contributed by atoms with van der Waals surface area (Å²) >= 11 is 0. The normalized spacial score (nSPS) is 36.1. The van der Waals surface area contributed by atoms with E-state index in [1.807, 2.05) is 0 Å². The van der Waals surface area contributed by atoms with Gasteiger partial charge in [-0.05, 0) is 38.8 Å². The molecular formula is C10H17F3N2O2. The Morgan fingerprint density at radius 2 is 1.82 bits per heavy atom. The molecule has 3 rings (SSSR count). The molecule has 0 aliphatic carbocycles. The van der Waals surface area contributed by atoms with Crippen molar-refractivity contribution in [3.05, 3.63) is 0 Å². The molecule has 0 spiro atoms. The van der Waals surface area contributed by atoms with Gasteiger partial charge < -0.3 is 15.7 Å². The number of carboxylic acids is 1. The van der Waals surface area contributed by atoms with E-state index in [-0.39, 0.29) is 5.54 Å². The van der Waals surface area contributed by atoms with E-state index in [4.69, 9.17) is 15.6 Å². The first-order chi connectivity index (χ1) is 7.63. The molecule has 2 bridgehead atoms. The summed E-state index contributed by atoms with van der Waals surface area (Å²) in [5.41, 5.74) is 6.24. The van der Waals surface area contributed by atoms with Gasteiger partial charge in [0.2, 0.25) is 0 Å². The molecule has 1 atom stereocenters. The Morgan fingerprint density at radius 3 is 1.94 bits per heavy atom. The molecule has 0 aromatic carbocycles. The van der Waals surface area contributed by atoms with E-state index in [1.54, 1.807) is 0 Å². The summed E-state index contributed by atoms with van der Waals surface area (Å²) in [6, 6.07) is 0. The lowest BCUT2D eigenvalue weighted by molar-refractivity contribution is -0.192. The summed E-state index contributed by atoms with van der Waals surface area (Å²) in [6.07, 6.45) is -2.43. The van der Waals surface area contributed by atoms with Crippen molar-refractivity contribution in [2.75, 3.05) is 19.6 Å². The molecule has 3 heterocycles. The molecule has 7 heteroatoms. The molecular weight excluding hydrogens is 237 g/mol. The van der Waals surface area contributed by atoms with E-state index in [9.17, 15) is 13.2 Å². The molecule has 3 fully saturated rings. The number of nitrogens with two attached hydrogens (primary N) is 1. The molecule has 3 aliphatic rings. The van der Waals surface area contributed by atoms with Crippen LogP contribution in [-0.2, 0) is 4.79 Å². The molecule has 0 aromatic heterocycles. The van der Waals surface area contributed by atoms with Crippen LogP contribution < -0.4 is 5.73 Å². The van der Waals surface area contributed by atoms with Crippen molar-refractivity contribution in [1.82, 2.24) is 4.90 Å². The van der Waals surface area contributed by atoms with Crippen LogP contribution >= 0.6 is 0 Å². The lowest BCUT2D eigenvalue weighted by Crippen LogP contribution is -2.62. The summed E-state index contributed by atoms with van der Waals surface area (Å²) in [5, 5.41) is 7.12. The van der Waals surface area contributed by atoms with Gasteiger partial charge in [0.05, 0.1) is 0 Å². The first-order valence-corrected chi connectivity index (χ1v) is 5.44. The minimum Gasteiger partial charge on any atom is -0.475 e. The summed E-state index contributed by atoms with van der Waals surface area (Å²) in [4.78, 5) is 11.4. The van der Waals surface area contributed by atoms with Gasteiger partial charge in [-0.15, -0.1) is 0 Å². The van der Waals surface area contributed by atoms with Gasteiger partial charge in [-0.1, -0.05) is 0 Å². The first kappa shape index (κ1) is 14.2. The van der Waals surface area contributed by atoms with Crippen LogP contribution in [0.15, 0.2) is 0 Å². The van der Waals surface area contributed by atoms with Crippen LogP contribution in [0.25, 0.3) is 0 Å². The molecule has 100 valence electrons. The van der Waals surface area contributed by atoms with Gasteiger partial charge in [0.15, 0.2) is 0 Å². The highest BCUT2D eigenvalue weighted by Gasteiger charge is 2.40. The number of nitrogens with zero attached hydrogens (tertiary/aromatic N) is 1. The number of alkyl halides is 3. The Labute approximate surface area is 97.6 Å². The zero-order valence-electron chi connectivity index (χ0n) is 9.63. The second-order valence-electron chi connectivity index (χ2n) is 4.86. The number of rotatable bonds is 0. The second kappa shape index (κ2) is 4.81. The highest BCUT2D eigenvalue weighted by atomic mass is 19.4. The number of aliphatic carboxylic acids is 1. The lowest BCUT2D eigenvalue weighted by atomic mass is 9.75. The van der Waals surface area contributed by atoms with Crippen molar-refractivity contribution in [1.29, 1.82) is 0 Å². The number of fused-ring (bicyclic) bond motifs is 3. The molecule has 3 aliphatic heterocycles. The van der Waals surface area contributed by atoms with Gasteiger partial charge >= 0.3 is 12.1 Å². The summed E-state index contributed by atoms with van der Waals surface area (Å²) in [6.45, 7) is 5.90. The Morgan fingerprint density at radius 1 is 1.41 bits per heavy atom. The average Bonchev–Trinajstić information content (AvgIpc) is 2.16. The van der Waals surface area contributed by atoms with E-state index in [2.05, 4.69) is 11.8 Å². The monoisotopic (exact) mass is 254 g/mol. The van der Waals surface area contributed by atoms with Crippen molar-refractivity contribution >= 4 is 5.97 Å². The minimum absolute atomic E-state index is 0.122. The first-order valence-electron chi connectivity index (χ1n) is 5.44. The summed E-state index contributed by atoms with van der Waals surface area (Å²) < 4.78 is 31.7. The van der Waals surface area contributed by atoms with Crippen molar-refractivity contribution in [3.8, 4) is 0 Å². The lowest BCUT2D eigenvalue weighted by Gasteiger charge is -2.49. The molecule has 0 aromatic rings. The molecule has 3 N–H and O–H groups in total. The van der Waals surface area contributed by atoms with Crippen molar-refractivity contribution in [2.45, 2.75) is 31.5 Å². The van der Waals surface area contributed by atoms with Gasteiger partial charge in [0.25, 0.3) is 0 Å². The molecule has 0 amide bonds. The molecule has 17 heavy (non-hydrogen) atoms. The number of hydrogen-bond acceptors (Lipinski definition) is 3. The van der Waals surface area contributed by atoms with Crippen LogP contribution in [0.2, 0.25) is 0 Å². The third kappa shape index (κ3) is 3.85. The van der Waals surface area contributed by atoms with Crippen LogP contribution in [0.5, 0.6) is 0 Å². The Kier molecular flexibility index (Phi) is 4.03. The van der Waals surface area contributed by atoms with Crippen molar-refractivity contribution in [2.24, 2.45) is 11.7 Å². The molecule has 0 saturated carbocycles. The minimum atomic E-state index is -5.08. The maximum atomic E-state index is 10.6. The Bertz CT molecular complexity index is 284. The van der Waals surface area contributed by atoms with Crippen LogP contribution in [0.1, 0.15) is 19.8 Å². The molecule has 0 radical (unpaired) electrons. The zero-order valence-corrected chi connectivity index (χ0v) is 9.63. The molecule has 3 saturated heterocycles. The number of hydrogen-bond donors (Lipinski definition) is 2. The third-order valence-corrected chi connectivity index (χ3v) is 3.33. The highest BCUT2D eigenvalue weighted by Crippen LogP contribution is 2.33. The Hall–Kier alpha value is -0.820. The fourth-order valence-corrected chi connectivity index (χ4v) is 2.36. The van der Waals surface area contributed by atoms with Gasteiger partial charge in [-0.25, -0.2) is 4.79 Å². The van der Waals surface area contributed by atoms with Crippen LogP contribution in [-0.4, -0.2) is 47.3 Å². The Balaban J connectivity index is 0.000000185. The zero-order chi connectivity index (χ0) is 13.3. The van der Waals surface area contributed by atoms with E-state index in [0.29, 0.717) is 0 Å². The number of carbonyl (C=O) groups is 1. The highest BCUT2D eigenvalue weighted by molar-refractivity contribution is 5.73. The topological polar surface area (TPSA) is 66.6 Å². The van der Waals surface area contributed by atoms with Crippen LogP contribution in [0, 0.1) is 5.92 Å². The maximum absolute atomic E-state index is 10.6. The fourth-order valence-electron chi connectivity index (χ4n) is 2.36. The van der Waals surface area contributed by atoms with Gasteiger partial charge in [0.1, 0.15) is 0 Å². The van der Waals surface area contributed by atoms with Gasteiger partial charge in [-0.3, -0.25) is 0 Å². The third-order valence-electron chi connectivity index (χ3n) is 3.33. The number of halogens is 3. The summed E-state index contributed by atoms with van der Waals surface area (Å²) in [7, 11) is 0. The predicted octanol–water partition coefficient (Wildman–Crippen LogP) is 1.06. The fraction of sp³-hybridized carbons (Fsp3) is 0.900. The van der Waals surface area contributed by atoms with E-state index in [0.717, 1.165) is 12.5 Å². The van der Waals surface area contributed by atoms with E-state index < -0.39 is 12.1 Å². The van der Waals surface area contributed by atoms with Gasteiger partial charge in [0, 0.05) is 12.1 Å². The number of piperidine rings is 3. The van der Waals surface area contributed by atoms with E-state index in [1.165, 1.54) is 25.9 Å². The predicted molar refractivity (Wildman–Crippen MR) is 55.4 cm³/mol. The molecule has 4 nitrogen and oxygen atoms in total. The largest absolute Gasteiger partial charge is 0.490 e. The summed E-state index contributed by atoms with van der Waals surface area (Å²) in [5.74, 6) is -1.95. The maximum Gasteiger partial charge on any atom is 0.490 e. The van der Waals surface area contributed by atoms with Crippen molar-refractivity contribution in [3.63, 3.8) is 0 Å². The quantitative estimate of drug-likeness (QED) is 0.678. The van der Waals surface area contributed by atoms with E-state index >= 15 is 0 Å². The number of carboxylic acid groups (broad SMARTS) is 1. The standard InChI is InChI=1S/C8H16N2.C2HF3O2/c1-8(9)6-10-4-2-7(8)3-5-10;3-2(4,5)1(6)7/h7H,2-6,9H2,1H3;(H,6,7). The SMILES string of the molecule is CC1(N)CN2CCC1CC2.O=C(O)C(F)(F)F. The van der Waals surface area contributed by atoms with Crippen LogP contribution in [0.4, 0.5) is 13.2 Å². The van der Waals surface area contributed by atoms with Gasteiger partial charge in [-0.2, -0.15) is 13.2 Å². The average molecular weight is 254 g/mol.